The molecule has 1 fully saturated rings. The van der Waals surface area contributed by atoms with Gasteiger partial charge < -0.3 is 24.9 Å². The van der Waals surface area contributed by atoms with Crippen molar-refractivity contribution < 1.29 is 14.6 Å². The average molecular weight is 503 g/mol. The predicted molar refractivity (Wildman–Crippen MR) is 140 cm³/mol. The van der Waals surface area contributed by atoms with Crippen molar-refractivity contribution in [3.8, 4) is 11.1 Å². The van der Waals surface area contributed by atoms with E-state index >= 15 is 0 Å². The van der Waals surface area contributed by atoms with Crippen LogP contribution in [0.1, 0.15) is 41.1 Å². The quantitative estimate of drug-likeness (QED) is 0.335. The maximum Gasteiger partial charge on any atom is 0.190 e. The molecule has 1 aromatic heterocycles. The topological polar surface area (TPSA) is 95.4 Å². The van der Waals surface area contributed by atoms with Crippen molar-refractivity contribution in [3.63, 3.8) is 0 Å². The number of hydrogen-bond acceptors (Lipinski definition) is 7. The van der Waals surface area contributed by atoms with Crippen molar-refractivity contribution in [2.24, 2.45) is 12.8 Å². The minimum Gasteiger partial charge on any atom is -0.392 e. The maximum atomic E-state index is 9.42. The summed E-state index contributed by atoms with van der Waals surface area (Å²) >= 11 is 1.63. The Kier molecular flexibility index (Phi) is 7.79. The van der Waals surface area contributed by atoms with Gasteiger partial charge in [0.05, 0.1) is 18.8 Å². The van der Waals surface area contributed by atoms with Gasteiger partial charge in [-0.05, 0) is 33.9 Å². The van der Waals surface area contributed by atoms with Gasteiger partial charge in [-0.3, -0.25) is 0 Å². The van der Waals surface area contributed by atoms with Gasteiger partial charge in [-0.25, -0.2) is 0 Å². The van der Waals surface area contributed by atoms with Crippen LogP contribution in [0.5, 0.6) is 0 Å². The molecule has 3 N–H and O–H groups in total. The van der Waals surface area contributed by atoms with Gasteiger partial charge in [0.25, 0.3) is 0 Å². The first kappa shape index (κ1) is 24.7. The van der Waals surface area contributed by atoms with Gasteiger partial charge in [0, 0.05) is 31.3 Å². The lowest BCUT2D eigenvalue weighted by molar-refractivity contribution is -0.245. The third kappa shape index (κ3) is 5.69. The van der Waals surface area contributed by atoms with Gasteiger partial charge in [-0.15, -0.1) is 10.2 Å². The highest BCUT2D eigenvalue weighted by Crippen LogP contribution is 2.39. The molecule has 0 saturated carbocycles. The van der Waals surface area contributed by atoms with E-state index < -0.39 is 6.29 Å². The van der Waals surface area contributed by atoms with Crippen molar-refractivity contribution in [3.05, 3.63) is 101 Å². The van der Waals surface area contributed by atoms with E-state index in [2.05, 4.69) is 46.6 Å². The molecule has 0 spiro atoms. The molecule has 3 aromatic carbocycles. The Balaban J connectivity index is 1.36. The van der Waals surface area contributed by atoms with Crippen molar-refractivity contribution in [1.82, 2.24) is 14.8 Å². The summed E-state index contributed by atoms with van der Waals surface area (Å²) in [5, 5.41) is 18.4. The molecule has 36 heavy (non-hydrogen) atoms. The normalized spacial score (nSPS) is 19.9. The summed E-state index contributed by atoms with van der Waals surface area (Å²) in [6.45, 7) is 0.541. The molecule has 0 bridgehead atoms. The number of aliphatic hydroxyl groups excluding tert-OH is 1. The predicted octanol–water partition coefficient (Wildman–Crippen LogP) is 4.77. The van der Waals surface area contributed by atoms with Crippen molar-refractivity contribution >= 4 is 11.8 Å². The molecule has 1 saturated heterocycles. The molecule has 2 heterocycles. The fourth-order valence-corrected chi connectivity index (χ4v) is 5.21. The molecule has 4 aromatic rings. The van der Waals surface area contributed by atoms with E-state index in [1.807, 2.05) is 48.0 Å². The first-order chi connectivity index (χ1) is 17.6. The summed E-state index contributed by atoms with van der Waals surface area (Å²) in [6, 6.07) is 24.5. The summed E-state index contributed by atoms with van der Waals surface area (Å²) in [5.41, 5.74) is 12.1. The fraction of sp³-hybridized carbons (Fsp3) is 0.286. The van der Waals surface area contributed by atoms with Gasteiger partial charge in [0.15, 0.2) is 11.4 Å². The largest absolute Gasteiger partial charge is 0.392 e. The Morgan fingerprint density at radius 3 is 2.44 bits per heavy atom. The molecular formula is C28H30N4O3S. The molecule has 3 atom stereocenters. The SMILES string of the molecule is Cn1cnnc1SCC1CC(c2ccc(CO)cc2)OC(c2ccc(-c3cccc(CN)c3)cc2)O1. The Morgan fingerprint density at radius 1 is 0.972 bits per heavy atom. The third-order valence-corrected chi connectivity index (χ3v) is 7.53. The second-order valence-electron chi connectivity index (χ2n) is 8.91. The molecule has 0 radical (unpaired) electrons. The number of nitrogens with zero attached hydrogens (tertiary/aromatic N) is 3. The number of rotatable bonds is 8. The van der Waals surface area contributed by atoms with Crippen LogP contribution in [0.25, 0.3) is 11.1 Å². The average Bonchev–Trinajstić information content (AvgIpc) is 3.36. The van der Waals surface area contributed by atoms with Gasteiger partial charge >= 0.3 is 0 Å². The Morgan fingerprint density at radius 2 is 1.75 bits per heavy atom. The highest BCUT2D eigenvalue weighted by Gasteiger charge is 2.32. The fourth-order valence-electron chi connectivity index (χ4n) is 4.30. The van der Waals surface area contributed by atoms with Crippen LogP contribution in [0.4, 0.5) is 0 Å². The van der Waals surface area contributed by atoms with Crippen LogP contribution in [0, 0.1) is 0 Å². The van der Waals surface area contributed by atoms with E-state index in [1.54, 1.807) is 18.1 Å². The standard InChI is InChI=1S/C28H30N4O3S/c1-32-18-30-31-28(32)36-17-25-14-26(22-7-5-19(16-33)6-8-22)35-27(34-25)23-11-9-21(10-12-23)24-4-2-3-20(13-24)15-29/h2-13,18,25-27,33H,14-17,29H2,1H3. The number of aromatic nitrogens is 3. The van der Waals surface area contributed by atoms with Crippen LogP contribution in [-0.4, -0.2) is 31.7 Å². The third-order valence-electron chi connectivity index (χ3n) is 6.36. The monoisotopic (exact) mass is 502 g/mol. The summed E-state index contributed by atoms with van der Waals surface area (Å²) in [4.78, 5) is 0. The summed E-state index contributed by atoms with van der Waals surface area (Å²) in [5.74, 6) is 0.738. The van der Waals surface area contributed by atoms with Crippen molar-refractivity contribution in [2.75, 3.05) is 5.75 Å². The number of nitrogens with two attached hydrogens (primary N) is 1. The first-order valence-corrected chi connectivity index (χ1v) is 13.0. The Labute approximate surface area is 215 Å². The molecule has 5 rings (SSSR count). The molecule has 1 aliphatic heterocycles. The summed E-state index contributed by atoms with van der Waals surface area (Å²) in [6.07, 6.45) is 1.78. The summed E-state index contributed by atoms with van der Waals surface area (Å²) in [7, 11) is 1.94. The van der Waals surface area contributed by atoms with Crippen LogP contribution in [0.2, 0.25) is 0 Å². The molecule has 8 heteroatoms. The lowest BCUT2D eigenvalue weighted by Gasteiger charge is -2.36. The zero-order valence-electron chi connectivity index (χ0n) is 20.2. The molecule has 0 amide bonds. The Bertz CT molecular complexity index is 1280. The molecule has 3 unspecified atom stereocenters. The minimum atomic E-state index is -0.490. The van der Waals surface area contributed by atoms with E-state index in [1.165, 1.54) is 0 Å². The van der Waals surface area contributed by atoms with Gasteiger partial charge in [0.2, 0.25) is 0 Å². The van der Waals surface area contributed by atoms with E-state index in [0.29, 0.717) is 6.54 Å². The van der Waals surface area contributed by atoms with Gasteiger partial charge in [-0.1, -0.05) is 78.5 Å². The second kappa shape index (κ2) is 11.4. The zero-order chi connectivity index (χ0) is 24.9. The van der Waals surface area contributed by atoms with Crippen LogP contribution in [0.3, 0.4) is 0 Å². The molecule has 1 aliphatic rings. The molecular weight excluding hydrogens is 472 g/mol. The number of aliphatic hydroxyl groups is 1. The van der Waals surface area contributed by atoms with Crippen LogP contribution in [-0.2, 0) is 29.7 Å². The lowest BCUT2D eigenvalue weighted by atomic mass is 9.99. The second-order valence-corrected chi connectivity index (χ2v) is 9.90. The van der Waals surface area contributed by atoms with E-state index in [4.69, 9.17) is 15.2 Å². The van der Waals surface area contributed by atoms with E-state index in [-0.39, 0.29) is 18.8 Å². The molecule has 7 nitrogen and oxygen atoms in total. The van der Waals surface area contributed by atoms with Gasteiger partial charge in [0.1, 0.15) is 6.33 Å². The van der Waals surface area contributed by atoms with Crippen molar-refractivity contribution in [2.45, 2.75) is 43.2 Å². The zero-order valence-corrected chi connectivity index (χ0v) is 21.0. The highest BCUT2D eigenvalue weighted by atomic mass is 32.2. The smallest absolute Gasteiger partial charge is 0.190 e. The number of thioether (sulfide) groups is 1. The number of hydrogen-bond donors (Lipinski definition) is 2. The number of ether oxygens (including phenoxy) is 2. The van der Waals surface area contributed by atoms with Crippen molar-refractivity contribution in [1.29, 1.82) is 0 Å². The van der Waals surface area contributed by atoms with Crippen LogP contribution < -0.4 is 5.73 Å². The molecule has 0 aliphatic carbocycles. The van der Waals surface area contributed by atoms with Crippen LogP contribution in [0.15, 0.2) is 84.3 Å². The lowest BCUT2D eigenvalue weighted by Crippen LogP contribution is -2.31. The summed E-state index contributed by atoms with van der Waals surface area (Å²) < 4.78 is 14.8. The molecule has 186 valence electrons. The first-order valence-electron chi connectivity index (χ1n) is 12.0. The van der Waals surface area contributed by atoms with Gasteiger partial charge in [-0.2, -0.15) is 0 Å². The Hall–Kier alpha value is -3.01. The van der Waals surface area contributed by atoms with Crippen LogP contribution >= 0.6 is 11.8 Å². The highest BCUT2D eigenvalue weighted by molar-refractivity contribution is 7.99. The minimum absolute atomic E-state index is 0.0229. The van der Waals surface area contributed by atoms with E-state index in [0.717, 1.165) is 50.7 Å². The maximum absolute atomic E-state index is 9.42. The number of aryl methyl sites for hydroxylation is 1. The van der Waals surface area contributed by atoms with E-state index in [9.17, 15) is 5.11 Å². The number of benzene rings is 3.